The topological polar surface area (TPSA) is 94.8 Å². The third-order valence-electron chi connectivity index (χ3n) is 4.45. The molecule has 7 heteroatoms. The molecule has 0 saturated heterocycles. The fraction of sp³-hybridized carbons (Fsp3) is 0.261. The summed E-state index contributed by atoms with van der Waals surface area (Å²) >= 11 is 0. The van der Waals surface area contributed by atoms with E-state index in [2.05, 4.69) is 5.32 Å². The number of ketones is 1. The number of ether oxygens (including phenoxy) is 2. The predicted octanol–water partition coefficient (Wildman–Crippen LogP) is 4.11. The summed E-state index contributed by atoms with van der Waals surface area (Å²) in [6, 6.07) is 17.0. The standard InChI is InChI=1S/C23H23NO6/c1-15(2)21(24-23(27)29-13-16-8-4-3-5-9-16)22(26)28-14-18(25)20-12-17-10-6-7-11-19(17)30-20/h3-12,15,21H,13-14H2,1-2H3,(H,24,27)/t21-/m1/s1. The lowest BCUT2D eigenvalue weighted by atomic mass is 10.1. The van der Waals surface area contributed by atoms with E-state index >= 15 is 0 Å². The number of amides is 1. The number of carbonyl (C=O) groups excluding carboxylic acids is 3. The van der Waals surface area contributed by atoms with E-state index in [1.807, 2.05) is 42.5 Å². The quantitative estimate of drug-likeness (QED) is 0.444. The Balaban J connectivity index is 1.53. The number of para-hydroxylation sites is 1. The Labute approximate surface area is 174 Å². The summed E-state index contributed by atoms with van der Waals surface area (Å²) in [6.07, 6.45) is -0.738. The summed E-state index contributed by atoms with van der Waals surface area (Å²) in [4.78, 5) is 36.8. The number of furan rings is 1. The smallest absolute Gasteiger partial charge is 0.408 e. The fourth-order valence-electron chi connectivity index (χ4n) is 2.81. The van der Waals surface area contributed by atoms with Crippen LogP contribution in [0.1, 0.15) is 30.0 Å². The number of fused-ring (bicyclic) bond motifs is 1. The van der Waals surface area contributed by atoms with Gasteiger partial charge >= 0.3 is 12.1 Å². The molecule has 0 unspecified atom stereocenters. The zero-order valence-corrected chi connectivity index (χ0v) is 16.8. The lowest BCUT2D eigenvalue weighted by Gasteiger charge is -2.20. The van der Waals surface area contributed by atoms with Crippen LogP contribution in [0.3, 0.4) is 0 Å². The minimum Gasteiger partial charge on any atom is -0.456 e. The van der Waals surface area contributed by atoms with Crippen molar-refractivity contribution >= 4 is 28.8 Å². The maximum Gasteiger partial charge on any atom is 0.408 e. The molecule has 0 fully saturated rings. The molecular formula is C23H23NO6. The maximum atomic E-state index is 12.4. The van der Waals surface area contributed by atoms with Gasteiger partial charge in [0.1, 0.15) is 18.2 Å². The molecule has 0 spiro atoms. The van der Waals surface area contributed by atoms with E-state index in [-0.39, 0.29) is 18.3 Å². The van der Waals surface area contributed by atoms with E-state index in [9.17, 15) is 14.4 Å². The second kappa shape index (κ2) is 9.73. The van der Waals surface area contributed by atoms with Gasteiger partial charge in [0, 0.05) is 5.39 Å². The Hall–Kier alpha value is -3.61. The average molecular weight is 409 g/mol. The highest BCUT2D eigenvalue weighted by atomic mass is 16.6. The van der Waals surface area contributed by atoms with Gasteiger partial charge in [-0.1, -0.05) is 62.4 Å². The van der Waals surface area contributed by atoms with Crippen molar-refractivity contribution in [1.82, 2.24) is 5.32 Å². The van der Waals surface area contributed by atoms with E-state index in [1.54, 1.807) is 32.0 Å². The number of rotatable bonds is 8. The van der Waals surface area contributed by atoms with Crippen molar-refractivity contribution < 1.29 is 28.3 Å². The van der Waals surface area contributed by atoms with Crippen LogP contribution < -0.4 is 5.32 Å². The van der Waals surface area contributed by atoms with Crippen molar-refractivity contribution in [2.75, 3.05) is 6.61 Å². The van der Waals surface area contributed by atoms with Gasteiger partial charge in [0.15, 0.2) is 12.4 Å². The Morgan fingerprint density at radius 1 is 0.967 bits per heavy atom. The van der Waals surface area contributed by atoms with Crippen molar-refractivity contribution in [2.45, 2.75) is 26.5 Å². The molecule has 0 bridgehead atoms. The monoisotopic (exact) mass is 409 g/mol. The highest BCUT2D eigenvalue weighted by Gasteiger charge is 2.27. The van der Waals surface area contributed by atoms with E-state index in [0.717, 1.165) is 10.9 Å². The van der Waals surface area contributed by atoms with Crippen molar-refractivity contribution in [1.29, 1.82) is 0 Å². The summed E-state index contributed by atoms with van der Waals surface area (Å²) < 4.78 is 15.7. The normalized spacial score (nSPS) is 11.8. The van der Waals surface area contributed by atoms with Gasteiger partial charge in [-0.05, 0) is 23.6 Å². The minimum absolute atomic E-state index is 0.0804. The molecule has 1 heterocycles. The highest BCUT2D eigenvalue weighted by Crippen LogP contribution is 2.19. The van der Waals surface area contributed by atoms with Gasteiger partial charge in [0.2, 0.25) is 5.78 Å². The molecule has 3 rings (SSSR count). The first kappa shape index (κ1) is 21.1. The first-order valence-corrected chi connectivity index (χ1v) is 9.59. The zero-order chi connectivity index (χ0) is 21.5. The maximum absolute atomic E-state index is 12.4. The molecule has 30 heavy (non-hydrogen) atoms. The van der Waals surface area contributed by atoms with Gasteiger partial charge in [-0.25, -0.2) is 9.59 Å². The second-order valence-corrected chi connectivity index (χ2v) is 7.11. The first-order chi connectivity index (χ1) is 14.4. The number of esters is 1. The largest absolute Gasteiger partial charge is 0.456 e. The molecule has 3 aromatic rings. The third-order valence-corrected chi connectivity index (χ3v) is 4.45. The van der Waals surface area contributed by atoms with Crippen molar-refractivity contribution in [3.63, 3.8) is 0 Å². The Kier molecular flexibility index (Phi) is 6.85. The number of carbonyl (C=O) groups is 3. The molecule has 0 aliphatic carbocycles. The number of nitrogens with one attached hydrogen (secondary N) is 1. The molecule has 156 valence electrons. The van der Waals surface area contributed by atoms with Gasteiger partial charge in [0.25, 0.3) is 0 Å². The number of hydrogen-bond donors (Lipinski definition) is 1. The average Bonchev–Trinajstić information content (AvgIpc) is 3.19. The molecule has 0 aliphatic heterocycles. The van der Waals surface area contributed by atoms with Gasteiger partial charge in [-0.2, -0.15) is 0 Å². The number of benzene rings is 2. The van der Waals surface area contributed by atoms with E-state index in [1.165, 1.54) is 0 Å². The number of alkyl carbamates (subject to hydrolysis) is 1. The van der Waals surface area contributed by atoms with Crippen LogP contribution >= 0.6 is 0 Å². The van der Waals surface area contributed by atoms with Crippen LogP contribution in [-0.4, -0.2) is 30.5 Å². The van der Waals surface area contributed by atoms with Crippen LogP contribution in [0.25, 0.3) is 11.0 Å². The van der Waals surface area contributed by atoms with Gasteiger partial charge in [0.05, 0.1) is 0 Å². The van der Waals surface area contributed by atoms with Crippen molar-refractivity contribution in [3.05, 3.63) is 72.0 Å². The Morgan fingerprint density at radius 2 is 1.67 bits per heavy atom. The zero-order valence-electron chi connectivity index (χ0n) is 16.8. The molecule has 1 N–H and O–H groups in total. The van der Waals surface area contributed by atoms with Crippen molar-refractivity contribution in [3.8, 4) is 0 Å². The molecule has 1 amide bonds. The van der Waals surface area contributed by atoms with Crippen LogP contribution in [0.2, 0.25) is 0 Å². The molecule has 0 saturated carbocycles. The van der Waals surface area contributed by atoms with Crippen LogP contribution in [-0.2, 0) is 20.9 Å². The second-order valence-electron chi connectivity index (χ2n) is 7.11. The lowest BCUT2D eigenvalue weighted by Crippen LogP contribution is -2.45. The van der Waals surface area contributed by atoms with Gasteiger partial charge < -0.3 is 19.2 Å². The minimum atomic E-state index is -0.947. The highest BCUT2D eigenvalue weighted by molar-refractivity contribution is 5.99. The summed E-state index contributed by atoms with van der Waals surface area (Å²) in [5.41, 5.74) is 1.41. The summed E-state index contributed by atoms with van der Waals surface area (Å²) in [5.74, 6) is -1.33. The SMILES string of the molecule is CC(C)[C@@H](NC(=O)OCc1ccccc1)C(=O)OCC(=O)c1cc2ccccc2o1. The van der Waals surface area contributed by atoms with Crippen LogP contribution in [0.15, 0.2) is 65.1 Å². The van der Waals surface area contributed by atoms with Crippen LogP contribution in [0.5, 0.6) is 0 Å². The van der Waals surface area contributed by atoms with Crippen LogP contribution in [0.4, 0.5) is 4.79 Å². The predicted molar refractivity (Wildman–Crippen MR) is 110 cm³/mol. The van der Waals surface area contributed by atoms with E-state index < -0.39 is 30.5 Å². The molecule has 7 nitrogen and oxygen atoms in total. The molecular weight excluding hydrogens is 386 g/mol. The van der Waals surface area contributed by atoms with E-state index in [0.29, 0.717) is 5.58 Å². The molecule has 1 aromatic heterocycles. The van der Waals surface area contributed by atoms with E-state index in [4.69, 9.17) is 13.9 Å². The lowest BCUT2D eigenvalue weighted by molar-refractivity contribution is -0.146. The van der Waals surface area contributed by atoms with Crippen LogP contribution in [0, 0.1) is 5.92 Å². The number of Topliss-reactive ketones (excluding diaryl/α,β-unsaturated/α-hetero) is 1. The summed E-state index contributed by atoms with van der Waals surface area (Å²) in [5, 5.41) is 3.29. The Bertz CT molecular complexity index is 991. The molecule has 2 aromatic carbocycles. The summed E-state index contributed by atoms with van der Waals surface area (Å²) in [6.45, 7) is 3.11. The van der Waals surface area contributed by atoms with Gasteiger partial charge in [-0.3, -0.25) is 4.79 Å². The fourth-order valence-corrected chi connectivity index (χ4v) is 2.81. The molecule has 1 atom stereocenters. The molecule has 0 radical (unpaired) electrons. The summed E-state index contributed by atoms with van der Waals surface area (Å²) in [7, 11) is 0. The third kappa shape index (κ3) is 5.47. The molecule has 0 aliphatic rings. The Morgan fingerprint density at radius 3 is 2.37 bits per heavy atom. The van der Waals surface area contributed by atoms with Crippen molar-refractivity contribution in [2.24, 2.45) is 5.92 Å². The van der Waals surface area contributed by atoms with Gasteiger partial charge in [-0.15, -0.1) is 0 Å². The number of hydrogen-bond acceptors (Lipinski definition) is 6. The first-order valence-electron chi connectivity index (χ1n) is 9.59.